The molecule has 2 aromatic rings. The van der Waals surface area contributed by atoms with Crippen LogP contribution in [0.2, 0.25) is 0 Å². The predicted octanol–water partition coefficient (Wildman–Crippen LogP) is 2.64. The summed E-state index contributed by atoms with van der Waals surface area (Å²) in [5, 5.41) is 6.28. The molecule has 29 heavy (non-hydrogen) atoms. The zero-order valence-electron chi connectivity index (χ0n) is 16.8. The zero-order valence-corrected chi connectivity index (χ0v) is 17.6. The normalized spacial score (nSPS) is 12.0. The van der Waals surface area contributed by atoms with Crippen LogP contribution in [-0.2, 0) is 33.5 Å². The highest BCUT2D eigenvalue weighted by Gasteiger charge is 2.10. The van der Waals surface area contributed by atoms with Gasteiger partial charge in [-0.15, -0.1) is 0 Å². The van der Waals surface area contributed by atoms with E-state index in [1.807, 2.05) is 37.3 Å². The number of nitrogens with zero attached hydrogens (tertiary/aromatic N) is 1. The van der Waals surface area contributed by atoms with Crippen LogP contribution in [0.3, 0.4) is 0 Å². The van der Waals surface area contributed by atoms with Crippen molar-refractivity contribution in [3.8, 4) is 0 Å². The summed E-state index contributed by atoms with van der Waals surface area (Å²) >= 11 is 0. The Balaban J connectivity index is 1.92. The van der Waals surface area contributed by atoms with E-state index in [-0.39, 0.29) is 12.3 Å². The monoisotopic (exact) mass is 421 g/mol. The number of ether oxygens (including phenoxy) is 1. The van der Waals surface area contributed by atoms with Gasteiger partial charge in [-0.1, -0.05) is 36.4 Å². The number of sulfone groups is 1. The molecule has 0 aliphatic carbocycles. The first-order valence-electron chi connectivity index (χ1n) is 9.46. The third-order valence-corrected chi connectivity index (χ3v) is 4.82. The number of hydrogen-bond acceptors (Lipinski definition) is 4. The Bertz CT molecular complexity index is 903. The smallest absolute Gasteiger partial charge is 0.191 e. The highest BCUT2D eigenvalue weighted by atomic mass is 32.2. The lowest BCUT2D eigenvalue weighted by Crippen LogP contribution is -2.39. The zero-order chi connectivity index (χ0) is 21.1. The Labute approximate surface area is 172 Å². The number of aliphatic imine (C=N–C) groups is 1. The third-order valence-electron chi connectivity index (χ3n) is 3.99. The molecular weight excluding hydrogens is 393 g/mol. The molecule has 0 radical (unpaired) electrons. The van der Waals surface area contributed by atoms with Gasteiger partial charge in [-0.2, -0.15) is 0 Å². The highest BCUT2D eigenvalue weighted by Crippen LogP contribution is 2.15. The number of hydrogen-bond donors (Lipinski definition) is 2. The van der Waals surface area contributed by atoms with Gasteiger partial charge in [0.25, 0.3) is 0 Å². The molecule has 0 aromatic heterocycles. The molecule has 0 fully saturated rings. The number of rotatable bonds is 10. The standard InChI is InChI=1S/C21H28FN3O3S/c1-3-23-21(24-11-12-28-15-17-7-5-4-6-8-17)25-14-19-13-20(22)10-9-18(19)16-29(2,26)27/h4-10,13H,3,11-12,14-16H2,1-2H3,(H2,23,24,25). The Morgan fingerprint density at radius 1 is 1.10 bits per heavy atom. The van der Waals surface area contributed by atoms with E-state index >= 15 is 0 Å². The lowest BCUT2D eigenvalue weighted by atomic mass is 10.1. The first-order valence-corrected chi connectivity index (χ1v) is 11.5. The maximum Gasteiger partial charge on any atom is 0.191 e. The summed E-state index contributed by atoms with van der Waals surface area (Å²) in [6, 6.07) is 14.0. The largest absolute Gasteiger partial charge is 0.375 e. The van der Waals surface area contributed by atoms with Crippen molar-refractivity contribution in [1.29, 1.82) is 0 Å². The van der Waals surface area contributed by atoms with Crippen molar-refractivity contribution in [3.63, 3.8) is 0 Å². The summed E-state index contributed by atoms with van der Waals surface area (Å²) in [7, 11) is -3.22. The van der Waals surface area contributed by atoms with E-state index < -0.39 is 15.7 Å². The Morgan fingerprint density at radius 2 is 1.86 bits per heavy atom. The van der Waals surface area contributed by atoms with Gasteiger partial charge in [-0.3, -0.25) is 0 Å². The van der Waals surface area contributed by atoms with Crippen LogP contribution in [0.4, 0.5) is 4.39 Å². The SMILES string of the molecule is CCNC(=NCc1cc(F)ccc1CS(C)(=O)=O)NCCOCc1ccccc1. The molecule has 2 aromatic carbocycles. The van der Waals surface area contributed by atoms with Gasteiger partial charge in [-0.25, -0.2) is 17.8 Å². The van der Waals surface area contributed by atoms with E-state index in [4.69, 9.17) is 4.74 Å². The van der Waals surface area contributed by atoms with Crippen molar-refractivity contribution in [2.45, 2.75) is 25.8 Å². The topological polar surface area (TPSA) is 79.8 Å². The Morgan fingerprint density at radius 3 is 2.55 bits per heavy atom. The van der Waals surface area contributed by atoms with Crippen LogP contribution in [0.1, 0.15) is 23.6 Å². The van der Waals surface area contributed by atoms with E-state index in [1.54, 1.807) is 0 Å². The third kappa shape index (κ3) is 9.06. The average Bonchev–Trinajstić information content (AvgIpc) is 2.67. The molecule has 0 unspecified atom stereocenters. The van der Waals surface area contributed by atoms with Crippen LogP contribution in [0.5, 0.6) is 0 Å². The van der Waals surface area contributed by atoms with Crippen molar-refractivity contribution in [2.75, 3.05) is 26.0 Å². The predicted molar refractivity (Wildman–Crippen MR) is 114 cm³/mol. The van der Waals surface area contributed by atoms with E-state index in [9.17, 15) is 12.8 Å². The fourth-order valence-electron chi connectivity index (χ4n) is 2.68. The number of halogens is 1. The van der Waals surface area contributed by atoms with Crippen LogP contribution in [-0.4, -0.2) is 40.3 Å². The molecule has 2 rings (SSSR count). The fraction of sp³-hybridized carbons (Fsp3) is 0.381. The summed E-state index contributed by atoms with van der Waals surface area (Å²) < 4.78 is 42.5. The molecule has 158 valence electrons. The number of guanidine groups is 1. The summed E-state index contributed by atoms with van der Waals surface area (Å²) in [6.07, 6.45) is 1.16. The molecule has 6 nitrogen and oxygen atoms in total. The first kappa shape index (κ1) is 22.8. The van der Waals surface area contributed by atoms with Crippen LogP contribution in [0.15, 0.2) is 53.5 Å². The van der Waals surface area contributed by atoms with Crippen molar-refractivity contribution >= 4 is 15.8 Å². The van der Waals surface area contributed by atoms with Crippen LogP contribution in [0, 0.1) is 5.82 Å². The van der Waals surface area contributed by atoms with Gasteiger partial charge in [0.05, 0.1) is 25.5 Å². The van der Waals surface area contributed by atoms with E-state index in [1.165, 1.54) is 18.2 Å². The minimum atomic E-state index is -3.22. The fourth-order valence-corrected chi connectivity index (χ4v) is 3.52. The van der Waals surface area contributed by atoms with Crippen molar-refractivity contribution in [2.24, 2.45) is 4.99 Å². The molecule has 0 atom stereocenters. The van der Waals surface area contributed by atoms with Gasteiger partial charge in [0.1, 0.15) is 5.82 Å². The van der Waals surface area contributed by atoms with Crippen LogP contribution in [0.25, 0.3) is 0 Å². The second kappa shape index (κ2) is 11.5. The van der Waals surface area contributed by atoms with E-state index in [0.29, 0.717) is 43.4 Å². The summed E-state index contributed by atoms with van der Waals surface area (Å²) in [4.78, 5) is 4.45. The number of benzene rings is 2. The molecule has 0 aliphatic heterocycles. The van der Waals surface area contributed by atoms with Crippen molar-refractivity contribution < 1.29 is 17.5 Å². The van der Waals surface area contributed by atoms with Gasteiger partial charge in [-0.05, 0) is 35.7 Å². The van der Waals surface area contributed by atoms with Gasteiger partial charge in [0, 0.05) is 19.3 Å². The molecular formula is C21H28FN3O3S. The van der Waals surface area contributed by atoms with Gasteiger partial charge >= 0.3 is 0 Å². The molecule has 8 heteroatoms. The number of nitrogens with one attached hydrogen (secondary N) is 2. The minimum absolute atomic E-state index is 0.143. The van der Waals surface area contributed by atoms with Gasteiger partial charge < -0.3 is 15.4 Å². The van der Waals surface area contributed by atoms with E-state index in [0.717, 1.165) is 11.8 Å². The van der Waals surface area contributed by atoms with Gasteiger partial charge in [0.15, 0.2) is 15.8 Å². The average molecular weight is 422 g/mol. The lowest BCUT2D eigenvalue weighted by Gasteiger charge is -2.13. The Kier molecular flexibility index (Phi) is 9.08. The van der Waals surface area contributed by atoms with Gasteiger partial charge in [0.2, 0.25) is 0 Å². The van der Waals surface area contributed by atoms with E-state index in [2.05, 4.69) is 15.6 Å². The maximum absolute atomic E-state index is 13.6. The molecule has 0 bridgehead atoms. The molecule has 0 aliphatic rings. The second-order valence-corrected chi connectivity index (χ2v) is 8.78. The quantitative estimate of drug-likeness (QED) is 0.350. The summed E-state index contributed by atoms with van der Waals surface area (Å²) in [5.41, 5.74) is 2.21. The lowest BCUT2D eigenvalue weighted by molar-refractivity contribution is 0.125. The maximum atomic E-state index is 13.6. The first-order chi connectivity index (χ1) is 13.9. The molecule has 0 saturated heterocycles. The molecule has 2 N–H and O–H groups in total. The van der Waals surface area contributed by atoms with Crippen molar-refractivity contribution in [3.05, 3.63) is 71.0 Å². The molecule has 0 saturated carbocycles. The molecule has 0 amide bonds. The highest BCUT2D eigenvalue weighted by molar-refractivity contribution is 7.89. The molecule has 0 spiro atoms. The molecule has 0 heterocycles. The van der Waals surface area contributed by atoms with Crippen LogP contribution < -0.4 is 10.6 Å². The summed E-state index contributed by atoms with van der Waals surface area (Å²) in [5.74, 6) is 0.000187. The van der Waals surface area contributed by atoms with Crippen molar-refractivity contribution in [1.82, 2.24) is 10.6 Å². The Hall–Kier alpha value is -2.45. The van der Waals surface area contributed by atoms with Crippen LogP contribution >= 0.6 is 0 Å². The second-order valence-electron chi connectivity index (χ2n) is 6.64. The minimum Gasteiger partial charge on any atom is -0.375 e. The summed E-state index contributed by atoms with van der Waals surface area (Å²) in [6.45, 7) is 4.37.